The number of alkyl halides is 1. The molecule has 0 radical (unpaired) electrons. The maximum absolute atomic E-state index is 5.91. The SMILES string of the molecule is COc1ccc(CN2CCC(CCl)CC2)cc1OC. The van der Waals surface area contributed by atoms with Crippen LogP contribution in [-0.2, 0) is 6.54 Å². The van der Waals surface area contributed by atoms with Crippen LogP contribution in [0.15, 0.2) is 18.2 Å². The smallest absolute Gasteiger partial charge is 0.161 e. The number of benzene rings is 1. The molecule has 1 fully saturated rings. The monoisotopic (exact) mass is 283 g/mol. The number of rotatable bonds is 5. The molecule has 1 aromatic carbocycles. The largest absolute Gasteiger partial charge is 0.493 e. The molecular formula is C15H22ClNO2. The van der Waals surface area contributed by atoms with E-state index in [0.717, 1.165) is 37.0 Å². The van der Waals surface area contributed by atoms with Crippen molar-refractivity contribution in [3.05, 3.63) is 23.8 Å². The van der Waals surface area contributed by atoms with E-state index >= 15 is 0 Å². The number of halogens is 1. The maximum atomic E-state index is 5.91. The van der Waals surface area contributed by atoms with Gasteiger partial charge >= 0.3 is 0 Å². The molecule has 4 heteroatoms. The quantitative estimate of drug-likeness (QED) is 0.775. The average Bonchev–Trinajstić information content (AvgIpc) is 2.48. The van der Waals surface area contributed by atoms with E-state index in [4.69, 9.17) is 21.1 Å². The zero-order chi connectivity index (χ0) is 13.7. The molecule has 1 saturated heterocycles. The molecule has 0 saturated carbocycles. The molecule has 2 rings (SSSR count). The number of hydrogen-bond acceptors (Lipinski definition) is 3. The minimum atomic E-state index is 0.698. The summed E-state index contributed by atoms with van der Waals surface area (Å²) in [6.07, 6.45) is 2.41. The first-order valence-corrected chi connectivity index (χ1v) is 7.29. The highest BCUT2D eigenvalue weighted by molar-refractivity contribution is 6.18. The molecule has 0 unspecified atom stereocenters. The topological polar surface area (TPSA) is 21.7 Å². The van der Waals surface area contributed by atoms with Crippen LogP contribution in [0, 0.1) is 5.92 Å². The van der Waals surface area contributed by atoms with Crippen molar-refractivity contribution in [2.45, 2.75) is 19.4 Å². The maximum Gasteiger partial charge on any atom is 0.161 e. The summed E-state index contributed by atoms with van der Waals surface area (Å²) in [7, 11) is 3.34. The molecule has 0 N–H and O–H groups in total. The van der Waals surface area contributed by atoms with Crippen molar-refractivity contribution in [1.29, 1.82) is 0 Å². The fourth-order valence-electron chi connectivity index (χ4n) is 2.54. The lowest BCUT2D eigenvalue weighted by molar-refractivity contribution is 0.186. The zero-order valence-corrected chi connectivity index (χ0v) is 12.4. The summed E-state index contributed by atoms with van der Waals surface area (Å²) in [4.78, 5) is 2.48. The van der Waals surface area contributed by atoms with E-state index in [1.165, 1.54) is 18.4 Å². The van der Waals surface area contributed by atoms with E-state index in [1.807, 2.05) is 6.07 Å². The van der Waals surface area contributed by atoms with Gasteiger partial charge in [0.05, 0.1) is 14.2 Å². The fraction of sp³-hybridized carbons (Fsp3) is 0.600. The van der Waals surface area contributed by atoms with Gasteiger partial charge in [-0.1, -0.05) is 6.07 Å². The molecule has 0 amide bonds. The minimum absolute atomic E-state index is 0.698. The lowest BCUT2D eigenvalue weighted by Crippen LogP contribution is -2.33. The number of methoxy groups -OCH3 is 2. The summed E-state index contributed by atoms with van der Waals surface area (Å²) >= 11 is 5.91. The minimum Gasteiger partial charge on any atom is -0.493 e. The summed E-state index contributed by atoms with van der Waals surface area (Å²) in [6, 6.07) is 6.14. The number of likely N-dealkylation sites (tertiary alicyclic amines) is 1. The van der Waals surface area contributed by atoms with Crippen molar-refractivity contribution >= 4 is 11.6 Å². The fourth-order valence-corrected chi connectivity index (χ4v) is 2.84. The highest BCUT2D eigenvalue weighted by Gasteiger charge is 2.18. The van der Waals surface area contributed by atoms with Crippen LogP contribution in [0.25, 0.3) is 0 Å². The molecule has 106 valence electrons. The van der Waals surface area contributed by atoms with Crippen molar-refractivity contribution in [1.82, 2.24) is 4.90 Å². The van der Waals surface area contributed by atoms with E-state index in [-0.39, 0.29) is 0 Å². The molecule has 0 aliphatic carbocycles. The molecule has 1 heterocycles. The van der Waals surface area contributed by atoms with Crippen molar-refractivity contribution in [2.75, 3.05) is 33.2 Å². The third kappa shape index (κ3) is 3.77. The zero-order valence-electron chi connectivity index (χ0n) is 11.7. The van der Waals surface area contributed by atoms with Gasteiger partial charge in [-0.2, -0.15) is 0 Å². The van der Waals surface area contributed by atoms with Gasteiger partial charge in [0.25, 0.3) is 0 Å². The Morgan fingerprint density at radius 3 is 2.42 bits per heavy atom. The van der Waals surface area contributed by atoms with E-state index in [2.05, 4.69) is 17.0 Å². The van der Waals surface area contributed by atoms with Crippen LogP contribution in [-0.4, -0.2) is 38.1 Å². The lowest BCUT2D eigenvalue weighted by Gasteiger charge is -2.31. The van der Waals surface area contributed by atoms with Crippen molar-refractivity contribution in [2.24, 2.45) is 5.92 Å². The van der Waals surface area contributed by atoms with Crippen LogP contribution in [0.1, 0.15) is 18.4 Å². The van der Waals surface area contributed by atoms with Gasteiger partial charge in [0, 0.05) is 12.4 Å². The van der Waals surface area contributed by atoms with Gasteiger partial charge in [0.15, 0.2) is 11.5 Å². The Bertz CT molecular complexity index is 403. The van der Waals surface area contributed by atoms with E-state index in [1.54, 1.807) is 14.2 Å². The molecule has 19 heavy (non-hydrogen) atoms. The second kappa shape index (κ2) is 7.01. The van der Waals surface area contributed by atoms with Gasteiger partial charge in [-0.3, -0.25) is 4.90 Å². The summed E-state index contributed by atoms with van der Waals surface area (Å²) in [5.74, 6) is 3.08. The Balaban J connectivity index is 1.96. The summed E-state index contributed by atoms with van der Waals surface area (Å²) < 4.78 is 10.6. The van der Waals surface area contributed by atoms with E-state index < -0.39 is 0 Å². The summed E-state index contributed by atoms with van der Waals surface area (Å²) in [6.45, 7) is 3.23. The van der Waals surface area contributed by atoms with Crippen molar-refractivity contribution in [3.8, 4) is 11.5 Å². The number of hydrogen-bond donors (Lipinski definition) is 0. The first-order valence-electron chi connectivity index (χ1n) is 6.76. The van der Waals surface area contributed by atoms with Gasteiger partial charge in [0.1, 0.15) is 0 Å². The first kappa shape index (κ1) is 14.5. The Labute approximate surface area is 120 Å². The van der Waals surface area contributed by atoms with Gasteiger partial charge in [-0.15, -0.1) is 11.6 Å². The van der Waals surface area contributed by atoms with Gasteiger partial charge in [0.2, 0.25) is 0 Å². The van der Waals surface area contributed by atoms with Crippen LogP contribution < -0.4 is 9.47 Å². The average molecular weight is 284 g/mol. The van der Waals surface area contributed by atoms with E-state index in [9.17, 15) is 0 Å². The van der Waals surface area contributed by atoms with Crippen LogP contribution in [0.4, 0.5) is 0 Å². The molecule has 0 bridgehead atoms. The normalized spacial score (nSPS) is 17.4. The van der Waals surface area contributed by atoms with Crippen molar-refractivity contribution in [3.63, 3.8) is 0 Å². The van der Waals surface area contributed by atoms with E-state index in [0.29, 0.717) is 5.92 Å². The third-order valence-electron chi connectivity index (χ3n) is 3.78. The second-order valence-electron chi connectivity index (χ2n) is 5.06. The number of piperidine rings is 1. The second-order valence-corrected chi connectivity index (χ2v) is 5.37. The van der Waals surface area contributed by atoms with Crippen LogP contribution in [0.3, 0.4) is 0 Å². The molecule has 1 aliphatic rings. The third-order valence-corrected chi connectivity index (χ3v) is 4.22. The Hall–Kier alpha value is -0.930. The highest BCUT2D eigenvalue weighted by atomic mass is 35.5. The first-order chi connectivity index (χ1) is 9.26. The summed E-state index contributed by atoms with van der Waals surface area (Å²) in [5.41, 5.74) is 1.27. The molecule has 0 aromatic heterocycles. The predicted molar refractivity (Wildman–Crippen MR) is 78.3 cm³/mol. The molecule has 0 atom stereocenters. The molecule has 0 spiro atoms. The molecular weight excluding hydrogens is 262 g/mol. The van der Waals surface area contributed by atoms with Crippen LogP contribution >= 0.6 is 11.6 Å². The molecule has 1 aromatic rings. The summed E-state index contributed by atoms with van der Waals surface area (Å²) in [5, 5.41) is 0. The Morgan fingerprint density at radius 2 is 1.84 bits per heavy atom. The number of ether oxygens (including phenoxy) is 2. The highest BCUT2D eigenvalue weighted by Crippen LogP contribution is 2.28. The molecule has 3 nitrogen and oxygen atoms in total. The number of nitrogens with zero attached hydrogens (tertiary/aromatic N) is 1. The van der Waals surface area contributed by atoms with Gasteiger partial charge in [-0.05, 0) is 49.5 Å². The Morgan fingerprint density at radius 1 is 1.16 bits per heavy atom. The van der Waals surface area contributed by atoms with Gasteiger partial charge < -0.3 is 9.47 Å². The van der Waals surface area contributed by atoms with Crippen LogP contribution in [0.2, 0.25) is 0 Å². The standard InChI is InChI=1S/C15H22ClNO2/c1-18-14-4-3-13(9-15(14)19-2)11-17-7-5-12(10-16)6-8-17/h3-4,9,12H,5-8,10-11H2,1-2H3. The van der Waals surface area contributed by atoms with Crippen molar-refractivity contribution < 1.29 is 9.47 Å². The molecule has 1 aliphatic heterocycles. The van der Waals surface area contributed by atoms with Gasteiger partial charge in [-0.25, -0.2) is 0 Å². The van der Waals surface area contributed by atoms with Crippen LogP contribution in [0.5, 0.6) is 11.5 Å². The predicted octanol–water partition coefficient (Wildman–Crippen LogP) is 3.15. The Kier molecular flexibility index (Phi) is 5.34. The lowest BCUT2D eigenvalue weighted by atomic mass is 9.98.